The number of carboxylic acids is 1. The van der Waals surface area contributed by atoms with E-state index in [4.69, 9.17) is 18.9 Å². The first-order valence-corrected chi connectivity index (χ1v) is 16.5. The van der Waals surface area contributed by atoms with Crippen LogP contribution in [0.4, 0.5) is 5.69 Å². The average molecular weight is 661 g/mol. The van der Waals surface area contributed by atoms with E-state index in [1.807, 2.05) is 12.1 Å². The minimum atomic E-state index is -3.72. The summed E-state index contributed by atoms with van der Waals surface area (Å²) in [6.07, 6.45) is 2.73. The van der Waals surface area contributed by atoms with Crippen molar-refractivity contribution in [1.29, 1.82) is 0 Å². The number of amides is 1. The normalized spacial score (nSPS) is 16.1. The van der Waals surface area contributed by atoms with Crippen molar-refractivity contribution in [2.75, 3.05) is 19.5 Å². The number of nitrogens with one attached hydrogen (secondary N) is 2. The maximum absolute atomic E-state index is 13.0. The number of benzene rings is 4. The monoisotopic (exact) mass is 660 g/mol. The molecule has 47 heavy (non-hydrogen) atoms. The third-order valence-electron chi connectivity index (χ3n) is 7.74. The zero-order chi connectivity index (χ0) is 33.4. The molecule has 1 aliphatic carbocycles. The maximum atomic E-state index is 13.0. The van der Waals surface area contributed by atoms with Gasteiger partial charge in [-0.25, -0.2) is 17.9 Å². The molecule has 0 bridgehead atoms. The Morgan fingerprint density at radius 2 is 1.40 bits per heavy atom. The molecule has 1 saturated carbocycles. The largest absolute Gasteiger partial charge is 0.493 e. The van der Waals surface area contributed by atoms with Crippen LogP contribution in [0.25, 0.3) is 0 Å². The molecule has 11 nitrogen and oxygen atoms in total. The molecule has 12 heteroatoms. The second-order valence-electron chi connectivity index (χ2n) is 11.0. The third kappa shape index (κ3) is 8.81. The Balaban J connectivity index is 1.07. The van der Waals surface area contributed by atoms with Crippen molar-refractivity contribution in [3.63, 3.8) is 0 Å². The molecule has 0 radical (unpaired) electrons. The first-order chi connectivity index (χ1) is 22.6. The fourth-order valence-corrected chi connectivity index (χ4v) is 6.64. The van der Waals surface area contributed by atoms with Crippen LogP contribution >= 0.6 is 0 Å². The molecule has 5 rings (SSSR count). The highest BCUT2D eigenvalue weighted by Gasteiger charge is 2.27. The number of sulfonamides is 1. The van der Waals surface area contributed by atoms with Gasteiger partial charge >= 0.3 is 5.97 Å². The van der Waals surface area contributed by atoms with Crippen molar-refractivity contribution in [2.24, 2.45) is 0 Å². The first-order valence-electron chi connectivity index (χ1n) is 15.0. The number of rotatable bonds is 13. The summed E-state index contributed by atoms with van der Waals surface area (Å²) in [7, 11) is -0.767. The van der Waals surface area contributed by atoms with E-state index >= 15 is 0 Å². The number of para-hydroxylation sites is 1. The second kappa shape index (κ2) is 15.0. The van der Waals surface area contributed by atoms with Crippen molar-refractivity contribution in [3.8, 4) is 28.7 Å². The van der Waals surface area contributed by atoms with E-state index in [1.165, 1.54) is 32.4 Å². The van der Waals surface area contributed by atoms with Crippen LogP contribution in [0.3, 0.4) is 0 Å². The van der Waals surface area contributed by atoms with E-state index in [-0.39, 0.29) is 40.6 Å². The summed E-state index contributed by atoms with van der Waals surface area (Å²) in [5, 5.41) is 12.0. The Morgan fingerprint density at radius 1 is 0.787 bits per heavy atom. The molecule has 1 fully saturated rings. The van der Waals surface area contributed by atoms with Gasteiger partial charge in [-0.3, -0.25) is 4.79 Å². The van der Waals surface area contributed by atoms with Crippen LogP contribution in [-0.2, 0) is 21.2 Å². The minimum absolute atomic E-state index is 0.0296. The number of anilines is 1. The Bertz CT molecular complexity index is 1800. The molecule has 0 heterocycles. The molecule has 0 spiro atoms. The highest BCUT2D eigenvalue weighted by atomic mass is 32.2. The molecular weight excluding hydrogens is 624 g/mol. The number of carboxylic acid groups (broad SMARTS) is 1. The van der Waals surface area contributed by atoms with Gasteiger partial charge in [-0.2, -0.15) is 0 Å². The summed E-state index contributed by atoms with van der Waals surface area (Å²) in [4.78, 5) is 24.0. The van der Waals surface area contributed by atoms with Crippen LogP contribution in [0.1, 0.15) is 41.6 Å². The molecule has 4 aromatic carbocycles. The number of carbonyl (C=O) groups excluding carboxylic acids is 1. The number of methoxy groups -OCH3 is 2. The molecule has 0 aliphatic heterocycles. The van der Waals surface area contributed by atoms with E-state index in [0.717, 1.165) is 5.56 Å². The van der Waals surface area contributed by atoms with E-state index < -0.39 is 16.0 Å². The number of carbonyl (C=O) groups is 2. The van der Waals surface area contributed by atoms with Crippen molar-refractivity contribution in [1.82, 2.24) is 4.72 Å². The molecule has 3 N–H and O–H groups in total. The van der Waals surface area contributed by atoms with Crippen molar-refractivity contribution in [3.05, 3.63) is 102 Å². The molecule has 0 atom stereocenters. The van der Waals surface area contributed by atoms with Crippen molar-refractivity contribution >= 4 is 27.6 Å². The van der Waals surface area contributed by atoms with Gasteiger partial charge in [-0.15, -0.1) is 0 Å². The lowest BCUT2D eigenvalue weighted by atomic mass is 9.94. The van der Waals surface area contributed by atoms with Gasteiger partial charge in [0.25, 0.3) is 0 Å². The summed E-state index contributed by atoms with van der Waals surface area (Å²) < 4.78 is 51.3. The van der Waals surface area contributed by atoms with Gasteiger partial charge in [0.15, 0.2) is 11.5 Å². The summed E-state index contributed by atoms with van der Waals surface area (Å²) in [6, 6.07) is 24.9. The summed E-state index contributed by atoms with van der Waals surface area (Å²) in [5.41, 5.74) is 1.02. The van der Waals surface area contributed by atoms with Crippen LogP contribution in [0, 0.1) is 0 Å². The van der Waals surface area contributed by atoms with Crippen LogP contribution in [0.5, 0.6) is 28.7 Å². The molecular formula is C35H36N2O9S. The van der Waals surface area contributed by atoms with Crippen molar-refractivity contribution < 1.29 is 42.1 Å². The van der Waals surface area contributed by atoms with E-state index in [0.29, 0.717) is 54.4 Å². The first kappa shape index (κ1) is 33.3. The van der Waals surface area contributed by atoms with Crippen LogP contribution < -0.4 is 29.0 Å². The zero-order valence-corrected chi connectivity index (χ0v) is 26.8. The molecule has 0 aromatic heterocycles. The predicted molar refractivity (Wildman–Crippen MR) is 175 cm³/mol. The van der Waals surface area contributed by atoms with Gasteiger partial charge in [-0.05, 0) is 91.9 Å². The lowest BCUT2D eigenvalue weighted by Crippen LogP contribution is -2.39. The van der Waals surface area contributed by atoms with E-state index in [1.54, 1.807) is 60.7 Å². The van der Waals surface area contributed by atoms with E-state index in [9.17, 15) is 23.1 Å². The topological polar surface area (TPSA) is 149 Å². The predicted octanol–water partition coefficient (Wildman–Crippen LogP) is 6.04. The Hall–Kier alpha value is -5.07. The number of aromatic carboxylic acids is 1. The molecule has 246 valence electrons. The van der Waals surface area contributed by atoms with Crippen LogP contribution in [-0.4, -0.2) is 51.8 Å². The molecule has 1 amide bonds. The molecule has 1 aliphatic rings. The average Bonchev–Trinajstić information content (AvgIpc) is 3.07. The Labute approximate surface area is 273 Å². The van der Waals surface area contributed by atoms with Crippen LogP contribution in [0.2, 0.25) is 0 Å². The van der Waals surface area contributed by atoms with Gasteiger partial charge in [0.2, 0.25) is 15.9 Å². The van der Waals surface area contributed by atoms with E-state index in [2.05, 4.69) is 10.0 Å². The molecule has 4 aromatic rings. The van der Waals surface area contributed by atoms with Gasteiger partial charge in [0.1, 0.15) is 17.2 Å². The Kier molecular flexibility index (Phi) is 10.6. The van der Waals surface area contributed by atoms with Crippen molar-refractivity contribution in [2.45, 2.75) is 49.1 Å². The Morgan fingerprint density at radius 3 is 2.04 bits per heavy atom. The van der Waals surface area contributed by atoms with Crippen LogP contribution in [0.15, 0.2) is 95.9 Å². The SMILES string of the molecule is COc1ccc(S(=O)(=O)NC2CCC(Oc3ccc(Oc4ccc(CC(=O)Nc5ccccc5C(=O)O)cc4)cc3)CC2)cc1OC. The lowest BCUT2D eigenvalue weighted by Gasteiger charge is -2.29. The zero-order valence-electron chi connectivity index (χ0n) is 26.0. The summed E-state index contributed by atoms with van der Waals surface area (Å²) in [6.45, 7) is 0. The fraction of sp³-hybridized carbons (Fsp3) is 0.257. The maximum Gasteiger partial charge on any atom is 0.337 e. The minimum Gasteiger partial charge on any atom is -0.493 e. The number of hydrogen-bond donors (Lipinski definition) is 3. The standard InChI is InChI=1S/C35H36N2O9S/c1-43-32-20-19-29(22-33(32)44-2)47(41,42)37-24-9-13-26(14-10-24)46-28-17-15-27(16-18-28)45-25-11-7-23(8-12-25)21-34(38)36-31-6-4-3-5-30(31)35(39)40/h3-8,11-12,15-20,22,24,26,37H,9-10,13-14,21H2,1-2H3,(H,36,38)(H,39,40). The highest BCUT2D eigenvalue weighted by Crippen LogP contribution is 2.31. The van der Waals surface area contributed by atoms with Gasteiger partial charge in [0, 0.05) is 12.1 Å². The fourth-order valence-electron chi connectivity index (χ4n) is 5.32. The molecule has 0 unspecified atom stereocenters. The van der Waals surface area contributed by atoms with Gasteiger partial charge in [-0.1, -0.05) is 24.3 Å². The lowest BCUT2D eigenvalue weighted by molar-refractivity contribution is -0.115. The van der Waals surface area contributed by atoms with Gasteiger partial charge < -0.3 is 29.4 Å². The summed E-state index contributed by atoms with van der Waals surface area (Å²) >= 11 is 0. The molecule has 0 saturated heterocycles. The third-order valence-corrected chi connectivity index (χ3v) is 9.26. The smallest absolute Gasteiger partial charge is 0.337 e. The second-order valence-corrected chi connectivity index (χ2v) is 12.7. The van der Waals surface area contributed by atoms with Gasteiger partial charge in [0.05, 0.1) is 42.9 Å². The summed E-state index contributed by atoms with van der Waals surface area (Å²) in [5.74, 6) is 1.27. The quantitative estimate of drug-likeness (QED) is 0.156. The number of hydrogen-bond acceptors (Lipinski definition) is 8. The highest BCUT2D eigenvalue weighted by molar-refractivity contribution is 7.89. The number of ether oxygens (including phenoxy) is 4.